The van der Waals surface area contributed by atoms with Gasteiger partial charge in [-0.1, -0.05) is 20.8 Å². The molecule has 0 saturated carbocycles. The number of methoxy groups -OCH3 is 1. The lowest BCUT2D eigenvalue weighted by Crippen LogP contribution is -2.10. The average Bonchev–Trinajstić information content (AvgIpc) is 2.01. The van der Waals surface area contributed by atoms with E-state index in [4.69, 9.17) is 4.74 Å². The minimum Gasteiger partial charge on any atom is -0.467 e. The zero-order valence-electron chi connectivity index (χ0n) is 8.66. The molecule has 3 nitrogen and oxygen atoms in total. The van der Waals surface area contributed by atoms with Crippen molar-refractivity contribution in [1.82, 2.24) is 9.97 Å². The van der Waals surface area contributed by atoms with Gasteiger partial charge in [0.25, 0.3) is 0 Å². The van der Waals surface area contributed by atoms with Crippen LogP contribution in [0, 0.1) is 5.41 Å². The molecule has 0 fully saturated rings. The minimum absolute atomic E-state index is 0.249. The van der Waals surface area contributed by atoms with E-state index in [2.05, 4.69) is 30.7 Å². The number of hydrogen-bond donors (Lipinski definition) is 0. The number of aromatic nitrogens is 2. The van der Waals surface area contributed by atoms with Gasteiger partial charge in [-0.3, -0.25) is 0 Å². The van der Waals surface area contributed by atoms with E-state index < -0.39 is 0 Å². The molecule has 0 aliphatic carbocycles. The predicted octanol–water partition coefficient (Wildman–Crippen LogP) is 2.07. The molecule has 0 N–H and O–H groups in total. The lowest BCUT2D eigenvalue weighted by molar-refractivity contribution is 0.368. The second-order valence-electron chi connectivity index (χ2n) is 4.27. The van der Waals surface area contributed by atoms with Gasteiger partial charge in [0.2, 0.25) is 0 Å². The standard InChI is InChI=1S/C10H16N2O/c1-10(2,3)7-8-5-6-11-9(12-8)13-4/h5-6H,7H2,1-4H3. The molecule has 1 rings (SSSR count). The number of rotatable bonds is 2. The van der Waals surface area contributed by atoms with E-state index in [1.54, 1.807) is 13.3 Å². The van der Waals surface area contributed by atoms with E-state index in [9.17, 15) is 0 Å². The topological polar surface area (TPSA) is 35.0 Å². The minimum atomic E-state index is 0.249. The highest BCUT2D eigenvalue weighted by atomic mass is 16.5. The summed E-state index contributed by atoms with van der Waals surface area (Å²) < 4.78 is 4.95. The Morgan fingerprint density at radius 2 is 2.08 bits per heavy atom. The molecular weight excluding hydrogens is 164 g/mol. The Hall–Kier alpha value is -1.12. The molecule has 0 atom stereocenters. The first kappa shape index (κ1) is 9.96. The van der Waals surface area contributed by atoms with Crippen LogP contribution in [-0.2, 0) is 6.42 Å². The van der Waals surface area contributed by atoms with Crippen molar-refractivity contribution < 1.29 is 4.74 Å². The second-order valence-corrected chi connectivity index (χ2v) is 4.27. The molecule has 0 spiro atoms. The maximum absolute atomic E-state index is 4.95. The lowest BCUT2D eigenvalue weighted by atomic mass is 9.90. The van der Waals surface area contributed by atoms with Crippen molar-refractivity contribution in [3.05, 3.63) is 18.0 Å². The van der Waals surface area contributed by atoms with Crippen LogP contribution in [0.3, 0.4) is 0 Å². The van der Waals surface area contributed by atoms with Crippen molar-refractivity contribution in [2.75, 3.05) is 7.11 Å². The van der Waals surface area contributed by atoms with Crippen LogP contribution >= 0.6 is 0 Å². The average molecular weight is 180 g/mol. The SMILES string of the molecule is COc1nccc(CC(C)(C)C)n1. The number of ether oxygens (including phenoxy) is 1. The monoisotopic (exact) mass is 180 g/mol. The first-order valence-electron chi connectivity index (χ1n) is 4.37. The summed E-state index contributed by atoms with van der Waals surface area (Å²) in [6, 6.07) is 2.37. The molecule has 0 unspecified atom stereocenters. The Morgan fingerprint density at radius 3 is 2.62 bits per heavy atom. The number of hydrogen-bond acceptors (Lipinski definition) is 3. The molecule has 0 aromatic carbocycles. The first-order chi connectivity index (χ1) is 6.01. The molecule has 13 heavy (non-hydrogen) atoms. The van der Waals surface area contributed by atoms with Crippen LogP contribution in [0.1, 0.15) is 26.5 Å². The summed E-state index contributed by atoms with van der Waals surface area (Å²) in [5.41, 5.74) is 1.28. The summed E-state index contributed by atoms with van der Waals surface area (Å²) in [5, 5.41) is 0. The second kappa shape index (κ2) is 3.73. The normalized spacial score (nSPS) is 11.4. The Labute approximate surface area is 79.2 Å². The maximum atomic E-state index is 4.95. The van der Waals surface area contributed by atoms with E-state index in [-0.39, 0.29) is 5.41 Å². The molecule has 3 heteroatoms. The summed E-state index contributed by atoms with van der Waals surface area (Å²) in [5.74, 6) is 0. The van der Waals surface area contributed by atoms with Crippen molar-refractivity contribution in [3.8, 4) is 6.01 Å². The summed E-state index contributed by atoms with van der Waals surface area (Å²) in [6.45, 7) is 6.55. The zero-order valence-corrected chi connectivity index (χ0v) is 8.66. The van der Waals surface area contributed by atoms with E-state index >= 15 is 0 Å². The van der Waals surface area contributed by atoms with Crippen LogP contribution in [0.15, 0.2) is 12.3 Å². The maximum Gasteiger partial charge on any atom is 0.316 e. The van der Waals surface area contributed by atoms with Crippen LogP contribution in [0.2, 0.25) is 0 Å². The van der Waals surface area contributed by atoms with Crippen molar-refractivity contribution >= 4 is 0 Å². The summed E-state index contributed by atoms with van der Waals surface area (Å²) in [4.78, 5) is 8.20. The highest BCUT2D eigenvalue weighted by Crippen LogP contribution is 2.19. The number of nitrogens with zero attached hydrogens (tertiary/aromatic N) is 2. The van der Waals surface area contributed by atoms with Crippen LogP contribution in [0.5, 0.6) is 6.01 Å². The Morgan fingerprint density at radius 1 is 1.38 bits per heavy atom. The lowest BCUT2D eigenvalue weighted by Gasteiger charge is -2.17. The summed E-state index contributed by atoms with van der Waals surface area (Å²) in [6.07, 6.45) is 2.67. The van der Waals surface area contributed by atoms with Gasteiger partial charge in [-0.05, 0) is 17.9 Å². The van der Waals surface area contributed by atoms with Crippen LogP contribution in [-0.4, -0.2) is 17.1 Å². The zero-order chi connectivity index (χ0) is 9.90. The van der Waals surface area contributed by atoms with Crippen molar-refractivity contribution in [2.24, 2.45) is 5.41 Å². The predicted molar refractivity (Wildman–Crippen MR) is 51.7 cm³/mol. The Bertz CT molecular complexity index is 278. The van der Waals surface area contributed by atoms with Crippen LogP contribution in [0.4, 0.5) is 0 Å². The molecule has 1 aromatic rings. The quantitative estimate of drug-likeness (QED) is 0.699. The fourth-order valence-corrected chi connectivity index (χ4v) is 1.12. The van der Waals surface area contributed by atoms with Gasteiger partial charge in [0.1, 0.15) is 0 Å². The third kappa shape index (κ3) is 3.40. The van der Waals surface area contributed by atoms with Gasteiger partial charge >= 0.3 is 6.01 Å². The van der Waals surface area contributed by atoms with E-state index in [1.807, 2.05) is 6.07 Å². The van der Waals surface area contributed by atoms with Gasteiger partial charge < -0.3 is 4.74 Å². The van der Waals surface area contributed by atoms with Gasteiger partial charge in [-0.25, -0.2) is 9.97 Å². The van der Waals surface area contributed by atoms with Crippen LogP contribution < -0.4 is 4.74 Å². The summed E-state index contributed by atoms with van der Waals surface area (Å²) in [7, 11) is 1.58. The van der Waals surface area contributed by atoms with Crippen molar-refractivity contribution in [3.63, 3.8) is 0 Å². The fraction of sp³-hybridized carbons (Fsp3) is 0.600. The highest BCUT2D eigenvalue weighted by molar-refractivity contribution is 5.06. The molecule has 0 amide bonds. The molecule has 0 aliphatic rings. The van der Waals surface area contributed by atoms with E-state index in [0.717, 1.165) is 12.1 Å². The van der Waals surface area contributed by atoms with Gasteiger partial charge in [-0.15, -0.1) is 0 Å². The smallest absolute Gasteiger partial charge is 0.316 e. The Balaban J connectivity index is 2.78. The third-order valence-electron chi connectivity index (χ3n) is 1.59. The molecule has 1 heterocycles. The molecule has 72 valence electrons. The highest BCUT2D eigenvalue weighted by Gasteiger charge is 2.12. The largest absolute Gasteiger partial charge is 0.467 e. The van der Waals surface area contributed by atoms with Crippen molar-refractivity contribution in [1.29, 1.82) is 0 Å². The molecule has 0 bridgehead atoms. The molecular formula is C10H16N2O. The van der Waals surface area contributed by atoms with Gasteiger partial charge in [0.15, 0.2) is 0 Å². The van der Waals surface area contributed by atoms with Gasteiger partial charge in [0.05, 0.1) is 7.11 Å². The van der Waals surface area contributed by atoms with Gasteiger partial charge in [0, 0.05) is 11.9 Å². The molecule has 1 aromatic heterocycles. The van der Waals surface area contributed by atoms with Crippen LogP contribution in [0.25, 0.3) is 0 Å². The van der Waals surface area contributed by atoms with E-state index in [1.165, 1.54) is 0 Å². The third-order valence-corrected chi connectivity index (χ3v) is 1.59. The van der Waals surface area contributed by atoms with Gasteiger partial charge in [-0.2, -0.15) is 0 Å². The molecule has 0 aliphatic heterocycles. The van der Waals surface area contributed by atoms with Crippen molar-refractivity contribution in [2.45, 2.75) is 27.2 Å². The first-order valence-corrected chi connectivity index (χ1v) is 4.37. The molecule has 0 radical (unpaired) electrons. The van der Waals surface area contributed by atoms with E-state index in [0.29, 0.717) is 6.01 Å². The molecule has 0 saturated heterocycles. The Kier molecular flexibility index (Phi) is 2.86. The fourth-order valence-electron chi connectivity index (χ4n) is 1.12. The summed E-state index contributed by atoms with van der Waals surface area (Å²) >= 11 is 0.